The first-order valence-electron chi connectivity index (χ1n) is 11.6. The fourth-order valence-corrected chi connectivity index (χ4v) is 4.89. The summed E-state index contributed by atoms with van der Waals surface area (Å²) in [6.07, 6.45) is 0.532. The summed E-state index contributed by atoms with van der Waals surface area (Å²) in [5.74, 6) is -0.593. The van der Waals surface area contributed by atoms with Gasteiger partial charge in [-0.3, -0.25) is 10.1 Å². The monoisotopic (exact) mass is 510 g/mol. The summed E-state index contributed by atoms with van der Waals surface area (Å²) in [7, 11) is -3.36. The zero-order chi connectivity index (χ0) is 25.7. The molecule has 1 aliphatic heterocycles. The van der Waals surface area contributed by atoms with Crippen LogP contribution in [0.25, 0.3) is 0 Å². The smallest absolute Gasteiger partial charge is 0.338 e. The molecule has 0 spiro atoms. The maximum atomic E-state index is 12.9. The molecule has 1 N–H and O–H groups in total. The molecular weight excluding hydrogens is 482 g/mol. The predicted octanol–water partition coefficient (Wildman–Crippen LogP) is 2.30. The van der Waals surface area contributed by atoms with Crippen molar-refractivity contribution in [3.8, 4) is 0 Å². The number of piperazine rings is 1. The Morgan fingerprint density at radius 2 is 1.61 bits per heavy atom. The van der Waals surface area contributed by atoms with Gasteiger partial charge in [-0.25, -0.2) is 13.2 Å². The minimum absolute atomic E-state index is 0.111. The molecule has 9 nitrogen and oxygen atoms in total. The van der Waals surface area contributed by atoms with Crippen LogP contribution in [0.1, 0.15) is 22.0 Å². The van der Waals surface area contributed by atoms with Gasteiger partial charge in [0.1, 0.15) is 6.54 Å². The number of anilines is 1. The number of carbonyl (C=O) groups excluding carboxylic acids is 1. The standard InChI is InChI=1S/C26H27N3O6S/c1-36(33,34)24-13-9-20(10-14-24)25(35-26(30)21-7-11-23(12-8-21)29(31)32)19-27-15-17-28(18-16-27)22-5-3-2-4-6-22/h2-14,25H,15-19H2,1H3/p+1/t25-/m0/s1. The van der Waals surface area contributed by atoms with Crippen LogP contribution < -0.4 is 9.80 Å². The predicted molar refractivity (Wildman–Crippen MR) is 135 cm³/mol. The molecule has 0 aliphatic carbocycles. The number of rotatable bonds is 8. The normalized spacial score (nSPS) is 15.3. The summed E-state index contributed by atoms with van der Waals surface area (Å²) in [6, 6.07) is 21.8. The molecule has 4 rings (SSSR count). The van der Waals surface area contributed by atoms with E-state index in [0.717, 1.165) is 32.4 Å². The molecule has 3 aromatic rings. The second kappa shape index (κ2) is 10.9. The molecule has 0 unspecified atom stereocenters. The van der Waals surface area contributed by atoms with Crippen molar-refractivity contribution < 1.29 is 27.8 Å². The average molecular weight is 511 g/mol. The number of quaternary nitrogens is 1. The highest BCUT2D eigenvalue weighted by molar-refractivity contribution is 7.90. The Hall–Kier alpha value is -3.76. The van der Waals surface area contributed by atoms with Gasteiger partial charge in [0.25, 0.3) is 5.69 Å². The number of nitrogens with one attached hydrogen (secondary N) is 1. The number of nitro benzene ring substituents is 1. The molecule has 1 saturated heterocycles. The van der Waals surface area contributed by atoms with Crippen molar-refractivity contribution in [2.45, 2.75) is 11.0 Å². The largest absolute Gasteiger partial charge is 0.448 e. The number of esters is 1. The van der Waals surface area contributed by atoms with Crippen molar-refractivity contribution >= 4 is 27.2 Å². The van der Waals surface area contributed by atoms with Gasteiger partial charge in [0.15, 0.2) is 15.9 Å². The highest BCUT2D eigenvalue weighted by atomic mass is 32.2. The van der Waals surface area contributed by atoms with Crippen LogP contribution >= 0.6 is 0 Å². The molecule has 1 fully saturated rings. The number of ether oxygens (including phenoxy) is 1. The van der Waals surface area contributed by atoms with Crippen molar-refractivity contribution in [1.29, 1.82) is 0 Å². The number of nitrogens with zero attached hydrogens (tertiary/aromatic N) is 2. The van der Waals surface area contributed by atoms with E-state index in [9.17, 15) is 23.3 Å². The lowest BCUT2D eigenvalue weighted by Gasteiger charge is -2.35. The van der Waals surface area contributed by atoms with E-state index < -0.39 is 26.8 Å². The molecule has 0 aromatic heterocycles. The highest BCUT2D eigenvalue weighted by Gasteiger charge is 2.27. The summed E-state index contributed by atoms with van der Waals surface area (Å²) in [5, 5.41) is 10.9. The van der Waals surface area contributed by atoms with Crippen LogP contribution in [-0.4, -0.2) is 58.3 Å². The van der Waals surface area contributed by atoms with E-state index in [1.165, 1.54) is 47.0 Å². The third kappa shape index (κ3) is 6.27. The molecule has 188 valence electrons. The molecule has 0 bridgehead atoms. The molecule has 1 atom stereocenters. The highest BCUT2D eigenvalue weighted by Crippen LogP contribution is 2.22. The minimum atomic E-state index is -3.36. The third-order valence-electron chi connectivity index (χ3n) is 6.31. The number of hydrogen-bond acceptors (Lipinski definition) is 7. The zero-order valence-corrected chi connectivity index (χ0v) is 20.7. The number of para-hydroxylation sites is 1. The lowest BCUT2D eigenvalue weighted by molar-refractivity contribution is -0.904. The summed E-state index contributed by atoms with van der Waals surface area (Å²) in [6.45, 7) is 3.92. The first kappa shape index (κ1) is 25.3. The molecule has 0 amide bonds. The molecule has 0 saturated carbocycles. The number of hydrogen-bond donors (Lipinski definition) is 1. The first-order chi connectivity index (χ1) is 17.2. The van der Waals surface area contributed by atoms with E-state index in [1.807, 2.05) is 18.2 Å². The van der Waals surface area contributed by atoms with Gasteiger partial charge >= 0.3 is 5.97 Å². The van der Waals surface area contributed by atoms with Gasteiger partial charge in [0, 0.05) is 24.1 Å². The number of benzene rings is 3. The van der Waals surface area contributed by atoms with Crippen molar-refractivity contribution in [2.75, 3.05) is 43.9 Å². The van der Waals surface area contributed by atoms with Crippen molar-refractivity contribution in [2.24, 2.45) is 0 Å². The summed E-state index contributed by atoms with van der Waals surface area (Å²) >= 11 is 0. The molecule has 0 radical (unpaired) electrons. The summed E-state index contributed by atoms with van der Waals surface area (Å²) in [5.41, 5.74) is 1.96. The van der Waals surface area contributed by atoms with Crippen LogP contribution in [0.3, 0.4) is 0 Å². The lowest BCUT2D eigenvalue weighted by Crippen LogP contribution is -3.15. The maximum absolute atomic E-state index is 12.9. The van der Waals surface area contributed by atoms with Gasteiger partial charge in [-0.05, 0) is 42.0 Å². The van der Waals surface area contributed by atoms with Gasteiger partial charge in [0.2, 0.25) is 0 Å². The zero-order valence-electron chi connectivity index (χ0n) is 19.9. The maximum Gasteiger partial charge on any atom is 0.338 e. The van der Waals surface area contributed by atoms with Crippen LogP contribution in [0.15, 0.2) is 83.8 Å². The van der Waals surface area contributed by atoms with Gasteiger partial charge in [-0.15, -0.1) is 0 Å². The van der Waals surface area contributed by atoms with E-state index in [2.05, 4.69) is 17.0 Å². The van der Waals surface area contributed by atoms with Gasteiger partial charge in [0.05, 0.1) is 41.6 Å². The van der Waals surface area contributed by atoms with E-state index in [1.54, 1.807) is 12.1 Å². The summed E-state index contributed by atoms with van der Waals surface area (Å²) in [4.78, 5) is 27.1. The Bertz CT molecular complexity index is 1300. The third-order valence-corrected chi connectivity index (χ3v) is 7.44. The van der Waals surface area contributed by atoms with Crippen LogP contribution in [0.2, 0.25) is 0 Å². The number of sulfone groups is 1. The number of non-ortho nitro benzene ring substituents is 1. The Balaban J connectivity index is 1.50. The van der Waals surface area contributed by atoms with E-state index in [0.29, 0.717) is 12.1 Å². The lowest BCUT2D eigenvalue weighted by atomic mass is 10.1. The topological polar surface area (TPSA) is 111 Å². The van der Waals surface area contributed by atoms with Gasteiger partial charge < -0.3 is 14.5 Å². The molecule has 36 heavy (non-hydrogen) atoms. The van der Waals surface area contributed by atoms with E-state index >= 15 is 0 Å². The Kier molecular flexibility index (Phi) is 7.66. The molecule has 1 heterocycles. The Labute approximate surface area is 210 Å². The minimum Gasteiger partial charge on any atom is -0.448 e. The second-order valence-electron chi connectivity index (χ2n) is 8.82. The molecule has 1 aliphatic rings. The Morgan fingerprint density at radius 3 is 2.17 bits per heavy atom. The number of carbonyl (C=O) groups is 1. The average Bonchev–Trinajstić information content (AvgIpc) is 2.89. The van der Waals surface area contributed by atoms with Crippen molar-refractivity contribution in [1.82, 2.24) is 0 Å². The van der Waals surface area contributed by atoms with Crippen molar-refractivity contribution in [3.05, 3.63) is 100 Å². The number of nitro groups is 1. The van der Waals surface area contributed by atoms with Gasteiger partial charge in [-0.2, -0.15) is 0 Å². The van der Waals surface area contributed by atoms with Gasteiger partial charge in [-0.1, -0.05) is 30.3 Å². The second-order valence-corrected chi connectivity index (χ2v) is 10.8. The SMILES string of the molecule is CS(=O)(=O)c1ccc([C@H](C[NH+]2CCN(c3ccccc3)CC2)OC(=O)c2ccc([N+](=O)[O-])cc2)cc1. The molecular formula is C26H28N3O6S+. The van der Waals surface area contributed by atoms with Crippen LogP contribution in [0, 0.1) is 10.1 Å². The molecule has 3 aromatic carbocycles. The molecule has 10 heteroatoms. The van der Waals surface area contributed by atoms with Crippen LogP contribution in [0.4, 0.5) is 11.4 Å². The van der Waals surface area contributed by atoms with Crippen LogP contribution in [0.5, 0.6) is 0 Å². The van der Waals surface area contributed by atoms with Crippen molar-refractivity contribution in [3.63, 3.8) is 0 Å². The summed E-state index contributed by atoms with van der Waals surface area (Å²) < 4.78 is 29.6. The Morgan fingerprint density at radius 1 is 1.00 bits per heavy atom. The quantitative estimate of drug-likeness (QED) is 0.281. The van der Waals surface area contributed by atoms with Crippen LogP contribution in [-0.2, 0) is 14.6 Å². The fourth-order valence-electron chi connectivity index (χ4n) is 4.26. The van der Waals surface area contributed by atoms with E-state index in [-0.39, 0.29) is 16.1 Å². The van der Waals surface area contributed by atoms with E-state index in [4.69, 9.17) is 4.74 Å². The fraction of sp³-hybridized carbons (Fsp3) is 0.269. The first-order valence-corrected chi connectivity index (χ1v) is 13.5.